The molecule has 0 aliphatic heterocycles. The highest BCUT2D eigenvalue weighted by Crippen LogP contribution is 2.31. The standard InChI is InChI=1S/C20H18N2O5S/c1-13(22-27-14(2)24)20(25)15-3-5-17(6-4-15)28-18-7-8-19(26-10-9-23)16(11-18)12-21/h3-8,11,23H,9-10H2,1-2H3/b22-13+. The molecular formula is C20H18N2O5S. The first-order valence-electron chi connectivity index (χ1n) is 8.27. The van der Waals surface area contributed by atoms with E-state index in [1.807, 2.05) is 6.07 Å². The first-order valence-corrected chi connectivity index (χ1v) is 9.09. The van der Waals surface area contributed by atoms with E-state index in [9.17, 15) is 14.9 Å². The zero-order valence-electron chi connectivity index (χ0n) is 15.3. The number of carbonyl (C=O) groups excluding carboxylic acids is 2. The van der Waals surface area contributed by atoms with E-state index >= 15 is 0 Å². The molecule has 0 atom stereocenters. The molecule has 144 valence electrons. The molecule has 0 saturated heterocycles. The molecule has 0 heterocycles. The predicted molar refractivity (Wildman–Crippen MR) is 104 cm³/mol. The van der Waals surface area contributed by atoms with Crippen molar-refractivity contribution in [1.29, 1.82) is 5.26 Å². The molecule has 0 aliphatic rings. The lowest BCUT2D eigenvalue weighted by Gasteiger charge is -2.08. The van der Waals surface area contributed by atoms with Gasteiger partial charge in [-0.25, -0.2) is 4.79 Å². The highest BCUT2D eigenvalue weighted by Gasteiger charge is 2.12. The molecule has 2 rings (SSSR count). The van der Waals surface area contributed by atoms with Crippen molar-refractivity contribution >= 4 is 29.2 Å². The number of nitrogens with zero attached hydrogens (tertiary/aromatic N) is 2. The monoisotopic (exact) mass is 398 g/mol. The molecule has 0 radical (unpaired) electrons. The van der Waals surface area contributed by atoms with Crippen LogP contribution in [0.1, 0.15) is 29.8 Å². The summed E-state index contributed by atoms with van der Waals surface area (Å²) in [5, 5.41) is 21.6. The fourth-order valence-electron chi connectivity index (χ4n) is 2.13. The number of hydrogen-bond donors (Lipinski definition) is 1. The maximum atomic E-state index is 12.2. The topological polar surface area (TPSA) is 109 Å². The Kier molecular flexibility index (Phi) is 7.75. The lowest BCUT2D eigenvalue weighted by Crippen LogP contribution is -2.11. The average Bonchev–Trinajstić information content (AvgIpc) is 2.70. The summed E-state index contributed by atoms with van der Waals surface area (Å²) in [5.74, 6) is -0.511. The van der Waals surface area contributed by atoms with Crippen LogP contribution in [-0.4, -0.2) is 35.8 Å². The quantitative estimate of drug-likeness (QED) is 0.315. The molecule has 0 spiro atoms. The van der Waals surface area contributed by atoms with Crippen molar-refractivity contribution < 1.29 is 24.3 Å². The average molecular weight is 398 g/mol. The van der Waals surface area contributed by atoms with Gasteiger partial charge in [-0.15, -0.1) is 0 Å². The Labute approximate surface area is 166 Å². The van der Waals surface area contributed by atoms with Crippen LogP contribution in [-0.2, 0) is 9.63 Å². The van der Waals surface area contributed by atoms with Crippen molar-refractivity contribution in [1.82, 2.24) is 0 Å². The number of carbonyl (C=O) groups is 2. The minimum Gasteiger partial charge on any atom is -0.490 e. The van der Waals surface area contributed by atoms with Crippen LogP contribution in [0.5, 0.6) is 5.75 Å². The van der Waals surface area contributed by atoms with E-state index in [1.54, 1.807) is 36.4 Å². The maximum Gasteiger partial charge on any atom is 0.331 e. The normalized spacial score (nSPS) is 10.9. The highest BCUT2D eigenvalue weighted by atomic mass is 32.2. The largest absolute Gasteiger partial charge is 0.490 e. The van der Waals surface area contributed by atoms with Crippen LogP contribution in [0.25, 0.3) is 0 Å². The van der Waals surface area contributed by atoms with Gasteiger partial charge in [-0.05, 0) is 49.4 Å². The number of oxime groups is 1. The second kappa shape index (κ2) is 10.3. The van der Waals surface area contributed by atoms with Gasteiger partial charge >= 0.3 is 5.97 Å². The maximum absolute atomic E-state index is 12.2. The number of nitriles is 1. The van der Waals surface area contributed by atoms with E-state index in [4.69, 9.17) is 9.84 Å². The Balaban J connectivity index is 2.10. The van der Waals surface area contributed by atoms with Crippen LogP contribution in [0.15, 0.2) is 57.4 Å². The first kappa shape index (κ1) is 21.2. The van der Waals surface area contributed by atoms with Crippen molar-refractivity contribution in [3.8, 4) is 11.8 Å². The van der Waals surface area contributed by atoms with Crippen LogP contribution in [0, 0.1) is 11.3 Å². The Hall–Kier alpha value is -3.15. The van der Waals surface area contributed by atoms with Crippen molar-refractivity contribution in [2.45, 2.75) is 23.6 Å². The number of benzene rings is 2. The molecule has 0 bridgehead atoms. The molecule has 28 heavy (non-hydrogen) atoms. The number of ketones is 1. The molecule has 0 unspecified atom stereocenters. The minimum atomic E-state index is -0.594. The summed E-state index contributed by atoms with van der Waals surface area (Å²) in [6.45, 7) is 2.67. The molecule has 8 heteroatoms. The summed E-state index contributed by atoms with van der Waals surface area (Å²) >= 11 is 1.43. The molecule has 7 nitrogen and oxygen atoms in total. The lowest BCUT2D eigenvalue weighted by molar-refractivity contribution is -0.140. The second-order valence-electron chi connectivity index (χ2n) is 5.56. The van der Waals surface area contributed by atoms with Gasteiger partial charge in [0, 0.05) is 22.3 Å². The number of aliphatic hydroxyl groups is 1. The number of Topliss-reactive ketones (excluding diaryl/α,β-unsaturated/α-hetero) is 1. The van der Waals surface area contributed by atoms with Gasteiger partial charge in [0.2, 0.25) is 5.78 Å². The summed E-state index contributed by atoms with van der Waals surface area (Å²) in [7, 11) is 0. The molecule has 0 saturated carbocycles. The van der Waals surface area contributed by atoms with Crippen LogP contribution in [0.4, 0.5) is 0 Å². The number of ether oxygens (including phenoxy) is 1. The van der Waals surface area contributed by atoms with Gasteiger partial charge in [-0.1, -0.05) is 16.9 Å². The third-order valence-corrected chi connectivity index (χ3v) is 4.41. The van der Waals surface area contributed by atoms with E-state index in [1.165, 1.54) is 25.6 Å². The van der Waals surface area contributed by atoms with Crippen LogP contribution in [0.3, 0.4) is 0 Å². The molecule has 0 aliphatic carbocycles. The minimum absolute atomic E-state index is 0.0766. The van der Waals surface area contributed by atoms with Crippen molar-refractivity contribution in [2.24, 2.45) is 5.16 Å². The van der Waals surface area contributed by atoms with Crippen molar-refractivity contribution in [3.05, 3.63) is 53.6 Å². The van der Waals surface area contributed by atoms with Gasteiger partial charge in [0.25, 0.3) is 0 Å². The predicted octanol–water partition coefficient (Wildman–Crippen LogP) is 3.20. The zero-order valence-corrected chi connectivity index (χ0v) is 16.2. The van der Waals surface area contributed by atoms with E-state index < -0.39 is 5.97 Å². The summed E-state index contributed by atoms with van der Waals surface area (Å²) < 4.78 is 5.32. The third kappa shape index (κ3) is 5.94. The number of aliphatic hydroxyl groups excluding tert-OH is 1. The van der Waals surface area contributed by atoms with Gasteiger partial charge in [0.1, 0.15) is 24.1 Å². The fraction of sp³-hybridized carbons (Fsp3) is 0.200. The van der Waals surface area contributed by atoms with Crippen LogP contribution < -0.4 is 4.74 Å². The Morgan fingerprint density at radius 2 is 1.82 bits per heavy atom. The fourth-order valence-corrected chi connectivity index (χ4v) is 2.99. The SMILES string of the molecule is CC(=O)O/N=C(\C)C(=O)c1ccc(Sc2ccc(OCCO)c(C#N)c2)cc1. The van der Waals surface area contributed by atoms with Crippen LogP contribution in [0.2, 0.25) is 0 Å². The molecule has 0 aromatic heterocycles. The molecule has 2 aromatic rings. The Morgan fingerprint density at radius 1 is 1.14 bits per heavy atom. The lowest BCUT2D eigenvalue weighted by atomic mass is 10.1. The smallest absolute Gasteiger partial charge is 0.331 e. The van der Waals surface area contributed by atoms with E-state index in [-0.39, 0.29) is 24.7 Å². The van der Waals surface area contributed by atoms with Crippen molar-refractivity contribution in [3.63, 3.8) is 0 Å². The molecule has 0 amide bonds. The molecule has 1 N–H and O–H groups in total. The second-order valence-corrected chi connectivity index (χ2v) is 6.70. The zero-order chi connectivity index (χ0) is 20.5. The van der Waals surface area contributed by atoms with E-state index in [0.29, 0.717) is 16.9 Å². The van der Waals surface area contributed by atoms with E-state index in [2.05, 4.69) is 16.1 Å². The van der Waals surface area contributed by atoms with E-state index in [0.717, 1.165) is 9.79 Å². The van der Waals surface area contributed by atoms with Gasteiger partial charge in [0.05, 0.1) is 12.2 Å². The first-order chi connectivity index (χ1) is 13.4. The van der Waals surface area contributed by atoms with Gasteiger partial charge in [-0.3, -0.25) is 4.79 Å². The van der Waals surface area contributed by atoms with Gasteiger partial charge in [-0.2, -0.15) is 5.26 Å². The molecular weight excluding hydrogens is 380 g/mol. The molecule has 2 aromatic carbocycles. The van der Waals surface area contributed by atoms with Gasteiger partial charge < -0.3 is 14.7 Å². The van der Waals surface area contributed by atoms with Crippen LogP contribution >= 0.6 is 11.8 Å². The van der Waals surface area contributed by atoms with Crippen molar-refractivity contribution in [2.75, 3.05) is 13.2 Å². The molecule has 0 fully saturated rings. The Morgan fingerprint density at radius 3 is 2.43 bits per heavy atom. The summed E-state index contributed by atoms with van der Waals surface area (Å²) in [6.07, 6.45) is 0. The van der Waals surface area contributed by atoms with Gasteiger partial charge in [0.15, 0.2) is 0 Å². The summed E-state index contributed by atoms with van der Waals surface area (Å²) in [6, 6.07) is 14.1. The third-order valence-electron chi connectivity index (χ3n) is 3.41. The summed E-state index contributed by atoms with van der Waals surface area (Å²) in [4.78, 5) is 29.2. The number of hydrogen-bond acceptors (Lipinski definition) is 8. The Bertz CT molecular complexity index is 933. The number of rotatable bonds is 8. The summed E-state index contributed by atoms with van der Waals surface area (Å²) in [5.41, 5.74) is 0.874. The highest BCUT2D eigenvalue weighted by molar-refractivity contribution is 7.99.